The third-order valence-corrected chi connectivity index (χ3v) is 3.38. The number of para-hydroxylation sites is 2. The third kappa shape index (κ3) is 2.72. The highest BCUT2D eigenvalue weighted by atomic mass is 15.1. The van der Waals surface area contributed by atoms with Crippen molar-refractivity contribution in [2.45, 2.75) is 52.7 Å². The second-order valence-electron chi connectivity index (χ2n) is 4.83. The molecule has 0 aliphatic heterocycles. The molecule has 0 spiro atoms. The first-order chi connectivity index (χ1) is 8.76. The highest BCUT2D eigenvalue weighted by Gasteiger charge is 2.09. The summed E-state index contributed by atoms with van der Waals surface area (Å²) in [4.78, 5) is 4.72. The summed E-state index contributed by atoms with van der Waals surface area (Å²) < 4.78 is 2.29. The molecular weight excluding hydrogens is 222 g/mol. The van der Waals surface area contributed by atoms with E-state index in [4.69, 9.17) is 4.98 Å². The third-order valence-electron chi connectivity index (χ3n) is 3.38. The van der Waals surface area contributed by atoms with Crippen LogP contribution < -0.4 is 5.32 Å². The van der Waals surface area contributed by atoms with Crippen LogP contribution in [0.2, 0.25) is 0 Å². The van der Waals surface area contributed by atoms with E-state index in [1.165, 1.54) is 18.4 Å². The van der Waals surface area contributed by atoms with Crippen molar-refractivity contribution < 1.29 is 0 Å². The zero-order valence-electron chi connectivity index (χ0n) is 11.6. The van der Waals surface area contributed by atoms with E-state index in [0.29, 0.717) is 6.04 Å². The molecule has 0 radical (unpaired) electrons. The number of imidazole rings is 1. The molecule has 0 saturated carbocycles. The van der Waals surface area contributed by atoms with Gasteiger partial charge in [0.15, 0.2) is 0 Å². The van der Waals surface area contributed by atoms with Gasteiger partial charge < -0.3 is 9.88 Å². The van der Waals surface area contributed by atoms with E-state index >= 15 is 0 Å². The van der Waals surface area contributed by atoms with Crippen LogP contribution in [0.15, 0.2) is 24.3 Å². The van der Waals surface area contributed by atoms with Crippen molar-refractivity contribution in [2.75, 3.05) is 0 Å². The van der Waals surface area contributed by atoms with Gasteiger partial charge in [-0.25, -0.2) is 4.98 Å². The molecule has 0 aliphatic rings. The van der Waals surface area contributed by atoms with Crippen LogP contribution >= 0.6 is 0 Å². The van der Waals surface area contributed by atoms with Gasteiger partial charge in [-0.15, -0.1) is 0 Å². The zero-order valence-corrected chi connectivity index (χ0v) is 11.6. The summed E-state index contributed by atoms with van der Waals surface area (Å²) in [5, 5.41) is 3.55. The predicted octanol–water partition coefficient (Wildman–Crippen LogP) is 3.33. The Morgan fingerprint density at radius 2 is 2.06 bits per heavy atom. The maximum atomic E-state index is 4.72. The highest BCUT2D eigenvalue weighted by Crippen LogP contribution is 2.15. The fourth-order valence-electron chi connectivity index (χ4n) is 2.41. The number of nitrogens with one attached hydrogen (secondary N) is 1. The van der Waals surface area contributed by atoms with E-state index in [9.17, 15) is 0 Å². The molecule has 3 heteroatoms. The standard InChI is InChI=1S/C15H23N3/c1-4-8-12(3)16-11-15-17-13-9-6-7-10-14(13)18(15)5-2/h6-7,9-10,12,16H,4-5,8,11H2,1-3H3. The number of hydrogen-bond donors (Lipinski definition) is 1. The van der Waals surface area contributed by atoms with E-state index in [1.807, 2.05) is 6.07 Å². The van der Waals surface area contributed by atoms with Crippen LogP contribution in [0.1, 0.15) is 39.4 Å². The van der Waals surface area contributed by atoms with Crippen LogP contribution in [0.4, 0.5) is 0 Å². The molecule has 3 nitrogen and oxygen atoms in total. The molecule has 1 aromatic heterocycles. The summed E-state index contributed by atoms with van der Waals surface area (Å²) in [7, 11) is 0. The van der Waals surface area contributed by atoms with Crippen molar-refractivity contribution in [2.24, 2.45) is 0 Å². The molecule has 0 fully saturated rings. The lowest BCUT2D eigenvalue weighted by atomic mass is 10.2. The van der Waals surface area contributed by atoms with Crippen molar-refractivity contribution >= 4 is 11.0 Å². The average Bonchev–Trinajstić information content (AvgIpc) is 2.74. The number of rotatable bonds is 6. The number of nitrogens with zero attached hydrogens (tertiary/aromatic N) is 2. The molecule has 1 heterocycles. The van der Waals surface area contributed by atoms with Gasteiger partial charge >= 0.3 is 0 Å². The molecule has 0 amide bonds. The average molecular weight is 245 g/mol. The number of hydrogen-bond acceptors (Lipinski definition) is 2. The molecule has 0 saturated heterocycles. The Kier molecular flexibility index (Phi) is 4.37. The molecule has 0 bridgehead atoms. The molecule has 1 aromatic carbocycles. The second-order valence-corrected chi connectivity index (χ2v) is 4.83. The van der Waals surface area contributed by atoms with Gasteiger partial charge in [-0.2, -0.15) is 0 Å². The van der Waals surface area contributed by atoms with Crippen molar-refractivity contribution in [3.63, 3.8) is 0 Å². The molecule has 18 heavy (non-hydrogen) atoms. The van der Waals surface area contributed by atoms with Crippen LogP contribution in [0, 0.1) is 0 Å². The number of benzene rings is 1. The first kappa shape index (κ1) is 13.1. The van der Waals surface area contributed by atoms with Crippen LogP contribution in [-0.4, -0.2) is 15.6 Å². The topological polar surface area (TPSA) is 29.9 Å². The van der Waals surface area contributed by atoms with Crippen molar-refractivity contribution in [3.8, 4) is 0 Å². The minimum atomic E-state index is 0.556. The zero-order chi connectivity index (χ0) is 13.0. The molecule has 2 rings (SSSR count). The SMILES string of the molecule is CCCC(C)NCc1nc2ccccc2n1CC. The Balaban J connectivity index is 2.17. The normalized spacial score (nSPS) is 13.1. The van der Waals surface area contributed by atoms with Gasteiger partial charge in [0.25, 0.3) is 0 Å². The van der Waals surface area contributed by atoms with Gasteiger partial charge in [-0.05, 0) is 32.4 Å². The van der Waals surface area contributed by atoms with E-state index in [2.05, 4.69) is 48.9 Å². The van der Waals surface area contributed by atoms with Gasteiger partial charge in [0.05, 0.1) is 17.6 Å². The summed E-state index contributed by atoms with van der Waals surface area (Å²) in [6, 6.07) is 8.91. The van der Waals surface area contributed by atoms with Gasteiger partial charge in [0.1, 0.15) is 5.82 Å². The van der Waals surface area contributed by atoms with E-state index in [1.54, 1.807) is 0 Å². The summed E-state index contributed by atoms with van der Waals surface area (Å²) in [5.74, 6) is 1.14. The quantitative estimate of drug-likeness (QED) is 0.846. The monoisotopic (exact) mass is 245 g/mol. The molecule has 98 valence electrons. The van der Waals surface area contributed by atoms with Gasteiger partial charge in [0, 0.05) is 12.6 Å². The molecule has 1 unspecified atom stereocenters. The lowest BCUT2D eigenvalue weighted by Crippen LogP contribution is -2.26. The number of fused-ring (bicyclic) bond motifs is 1. The van der Waals surface area contributed by atoms with Crippen LogP contribution in [-0.2, 0) is 13.1 Å². The molecule has 0 aliphatic carbocycles. The molecule has 2 aromatic rings. The Morgan fingerprint density at radius 1 is 1.28 bits per heavy atom. The number of aryl methyl sites for hydroxylation is 1. The van der Waals surface area contributed by atoms with Gasteiger partial charge in [0.2, 0.25) is 0 Å². The minimum Gasteiger partial charge on any atom is -0.327 e. The summed E-state index contributed by atoms with van der Waals surface area (Å²) in [5.41, 5.74) is 2.33. The van der Waals surface area contributed by atoms with E-state index < -0.39 is 0 Å². The Morgan fingerprint density at radius 3 is 2.78 bits per heavy atom. The summed E-state index contributed by atoms with van der Waals surface area (Å²) in [6.45, 7) is 8.46. The van der Waals surface area contributed by atoms with Crippen molar-refractivity contribution in [1.82, 2.24) is 14.9 Å². The molecule has 1 atom stereocenters. The van der Waals surface area contributed by atoms with E-state index in [0.717, 1.165) is 24.4 Å². The lowest BCUT2D eigenvalue weighted by molar-refractivity contribution is 0.491. The first-order valence-electron chi connectivity index (χ1n) is 6.93. The van der Waals surface area contributed by atoms with Crippen molar-refractivity contribution in [1.29, 1.82) is 0 Å². The van der Waals surface area contributed by atoms with Gasteiger partial charge in [-0.3, -0.25) is 0 Å². The lowest BCUT2D eigenvalue weighted by Gasteiger charge is -2.13. The Bertz CT molecular complexity index is 501. The maximum Gasteiger partial charge on any atom is 0.123 e. The van der Waals surface area contributed by atoms with Gasteiger partial charge in [-0.1, -0.05) is 25.5 Å². The second kappa shape index (κ2) is 6.01. The minimum absolute atomic E-state index is 0.556. The van der Waals surface area contributed by atoms with E-state index in [-0.39, 0.29) is 0 Å². The van der Waals surface area contributed by atoms with Crippen LogP contribution in [0.5, 0.6) is 0 Å². The van der Waals surface area contributed by atoms with Crippen LogP contribution in [0.3, 0.4) is 0 Å². The summed E-state index contributed by atoms with van der Waals surface area (Å²) in [6.07, 6.45) is 2.44. The predicted molar refractivity (Wildman–Crippen MR) is 76.6 cm³/mol. The smallest absolute Gasteiger partial charge is 0.123 e. The Hall–Kier alpha value is -1.35. The summed E-state index contributed by atoms with van der Waals surface area (Å²) >= 11 is 0. The fraction of sp³-hybridized carbons (Fsp3) is 0.533. The highest BCUT2D eigenvalue weighted by molar-refractivity contribution is 5.75. The first-order valence-corrected chi connectivity index (χ1v) is 6.93. The molecular formula is C15H23N3. The fourth-order valence-corrected chi connectivity index (χ4v) is 2.41. The number of aromatic nitrogens is 2. The van der Waals surface area contributed by atoms with Crippen LogP contribution in [0.25, 0.3) is 11.0 Å². The Labute approximate surface area is 109 Å². The largest absolute Gasteiger partial charge is 0.327 e. The molecule has 1 N–H and O–H groups in total. The van der Waals surface area contributed by atoms with Crippen molar-refractivity contribution in [3.05, 3.63) is 30.1 Å². The maximum absolute atomic E-state index is 4.72.